The van der Waals surface area contributed by atoms with Gasteiger partial charge in [-0.15, -0.1) is 11.3 Å². The van der Waals surface area contributed by atoms with E-state index < -0.39 is 0 Å². The zero-order valence-electron chi connectivity index (χ0n) is 13.8. The molecule has 1 saturated heterocycles. The van der Waals surface area contributed by atoms with Gasteiger partial charge in [-0.2, -0.15) is 0 Å². The van der Waals surface area contributed by atoms with Crippen molar-refractivity contribution in [1.82, 2.24) is 4.98 Å². The van der Waals surface area contributed by atoms with Crippen molar-refractivity contribution >= 4 is 34.1 Å². The van der Waals surface area contributed by atoms with E-state index in [2.05, 4.69) is 45.9 Å². The van der Waals surface area contributed by atoms with Gasteiger partial charge in [-0.3, -0.25) is 4.79 Å². The molecule has 4 nitrogen and oxygen atoms in total. The molecule has 4 rings (SSSR count). The number of rotatable bonds is 5. The number of thiazole rings is 1. The fourth-order valence-electron chi connectivity index (χ4n) is 3.27. The molecule has 1 fully saturated rings. The summed E-state index contributed by atoms with van der Waals surface area (Å²) in [5.41, 5.74) is 4.00. The topological polar surface area (TPSA) is 45.2 Å². The van der Waals surface area contributed by atoms with Crippen LogP contribution in [0.25, 0.3) is 0 Å². The predicted octanol–water partition coefficient (Wildman–Crippen LogP) is 5.04. The van der Waals surface area contributed by atoms with Gasteiger partial charge in [0.2, 0.25) is 0 Å². The summed E-state index contributed by atoms with van der Waals surface area (Å²) in [5, 5.41) is 6.36. The van der Waals surface area contributed by atoms with Gasteiger partial charge in [0.1, 0.15) is 6.29 Å². The molecular formula is C20H19N3OS. The van der Waals surface area contributed by atoms with Crippen LogP contribution in [0.15, 0.2) is 60.0 Å². The second-order valence-electron chi connectivity index (χ2n) is 6.13. The molecule has 25 heavy (non-hydrogen) atoms. The van der Waals surface area contributed by atoms with Crippen molar-refractivity contribution in [1.29, 1.82) is 0 Å². The van der Waals surface area contributed by atoms with E-state index in [0.29, 0.717) is 11.6 Å². The van der Waals surface area contributed by atoms with Crippen LogP contribution in [0.2, 0.25) is 0 Å². The third-order valence-corrected chi connectivity index (χ3v) is 5.28. The van der Waals surface area contributed by atoms with Crippen molar-refractivity contribution in [2.45, 2.75) is 18.9 Å². The van der Waals surface area contributed by atoms with Crippen molar-refractivity contribution in [2.24, 2.45) is 0 Å². The Morgan fingerprint density at radius 2 is 1.92 bits per heavy atom. The van der Waals surface area contributed by atoms with Crippen LogP contribution in [-0.2, 0) is 0 Å². The highest BCUT2D eigenvalue weighted by Crippen LogP contribution is 2.37. The van der Waals surface area contributed by atoms with Gasteiger partial charge in [0, 0.05) is 28.9 Å². The molecule has 1 N–H and O–H groups in total. The number of carbonyl (C=O) groups is 1. The fraction of sp³-hybridized carbons (Fsp3) is 0.200. The van der Waals surface area contributed by atoms with Gasteiger partial charge in [-0.25, -0.2) is 4.98 Å². The zero-order chi connectivity index (χ0) is 17.1. The summed E-state index contributed by atoms with van der Waals surface area (Å²) in [7, 11) is 0. The van der Waals surface area contributed by atoms with Crippen molar-refractivity contribution in [3.63, 3.8) is 0 Å². The van der Waals surface area contributed by atoms with Crippen LogP contribution in [0, 0.1) is 0 Å². The zero-order valence-corrected chi connectivity index (χ0v) is 14.6. The average Bonchev–Trinajstić information content (AvgIpc) is 3.32. The molecule has 1 aromatic heterocycles. The molecule has 0 radical (unpaired) electrons. The Bertz CT molecular complexity index is 845. The highest BCUT2D eigenvalue weighted by molar-refractivity contribution is 7.13. The van der Waals surface area contributed by atoms with Crippen molar-refractivity contribution in [3.8, 4) is 0 Å². The molecule has 0 spiro atoms. The van der Waals surface area contributed by atoms with E-state index in [-0.39, 0.29) is 0 Å². The first-order chi connectivity index (χ1) is 12.3. The van der Waals surface area contributed by atoms with Crippen LogP contribution in [0.4, 0.5) is 16.5 Å². The van der Waals surface area contributed by atoms with Crippen LogP contribution in [0.1, 0.15) is 34.9 Å². The second kappa shape index (κ2) is 7.07. The Hall–Kier alpha value is -2.66. The van der Waals surface area contributed by atoms with E-state index >= 15 is 0 Å². The lowest BCUT2D eigenvalue weighted by molar-refractivity contribution is 0.112. The van der Waals surface area contributed by atoms with E-state index in [1.807, 2.05) is 12.1 Å². The Morgan fingerprint density at radius 1 is 1.12 bits per heavy atom. The molecular weight excluding hydrogens is 330 g/mol. The van der Waals surface area contributed by atoms with E-state index in [1.165, 1.54) is 12.1 Å². The lowest BCUT2D eigenvalue weighted by Crippen LogP contribution is -2.22. The first-order valence-corrected chi connectivity index (χ1v) is 9.31. The fourth-order valence-corrected chi connectivity index (χ4v) is 4.04. The normalized spacial score (nSPS) is 16.8. The summed E-state index contributed by atoms with van der Waals surface area (Å²) < 4.78 is 0. The molecule has 5 heteroatoms. The predicted molar refractivity (Wildman–Crippen MR) is 103 cm³/mol. The molecule has 2 heterocycles. The monoisotopic (exact) mass is 349 g/mol. The molecule has 2 aromatic carbocycles. The number of anilines is 3. The molecule has 0 saturated carbocycles. The maximum atomic E-state index is 10.7. The number of hydrogen-bond donors (Lipinski definition) is 1. The third kappa shape index (κ3) is 3.42. The van der Waals surface area contributed by atoms with Crippen LogP contribution in [0.3, 0.4) is 0 Å². The van der Waals surface area contributed by atoms with Gasteiger partial charge in [0.05, 0.1) is 11.7 Å². The number of hydrogen-bond acceptors (Lipinski definition) is 5. The van der Waals surface area contributed by atoms with Gasteiger partial charge in [-0.05, 0) is 49.2 Å². The van der Waals surface area contributed by atoms with E-state index in [1.54, 1.807) is 23.5 Å². The molecule has 1 aliphatic heterocycles. The minimum Gasteiger partial charge on any atom is -0.363 e. The number of aldehydes is 1. The number of nitrogens with zero attached hydrogens (tertiary/aromatic N) is 2. The third-order valence-electron chi connectivity index (χ3n) is 4.50. The first-order valence-electron chi connectivity index (χ1n) is 8.43. The Balaban J connectivity index is 1.51. The van der Waals surface area contributed by atoms with Gasteiger partial charge < -0.3 is 10.2 Å². The minimum absolute atomic E-state index is 0.339. The highest BCUT2D eigenvalue weighted by Gasteiger charge is 2.28. The standard InChI is InChI=1S/C20H19N3OS/c24-13-15-8-10-16(11-9-15)21-20-22-18(14-25-20)19-7-4-12-23(19)17-5-2-1-3-6-17/h1-3,5-6,8-11,13-14,19H,4,7,12H2,(H,21,22). The number of benzene rings is 2. The van der Waals surface area contributed by atoms with Gasteiger partial charge in [0.25, 0.3) is 0 Å². The summed E-state index contributed by atoms with van der Waals surface area (Å²) >= 11 is 1.62. The van der Waals surface area contributed by atoms with E-state index in [9.17, 15) is 4.79 Å². The molecule has 1 atom stereocenters. The average molecular weight is 349 g/mol. The van der Waals surface area contributed by atoms with Crippen molar-refractivity contribution in [3.05, 3.63) is 71.2 Å². The number of nitrogens with one attached hydrogen (secondary N) is 1. The molecule has 126 valence electrons. The molecule has 0 aliphatic carbocycles. The summed E-state index contributed by atoms with van der Waals surface area (Å²) in [6, 6.07) is 18.3. The summed E-state index contributed by atoms with van der Waals surface area (Å²) in [4.78, 5) is 18.0. The quantitative estimate of drug-likeness (QED) is 0.655. The van der Waals surface area contributed by atoms with Crippen molar-refractivity contribution < 1.29 is 4.79 Å². The molecule has 0 amide bonds. The maximum absolute atomic E-state index is 10.7. The largest absolute Gasteiger partial charge is 0.363 e. The maximum Gasteiger partial charge on any atom is 0.187 e. The molecule has 3 aromatic rings. The molecule has 0 bridgehead atoms. The molecule has 1 aliphatic rings. The summed E-state index contributed by atoms with van der Waals surface area (Å²) in [5.74, 6) is 0. The Morgan fingerprint density at radius 3 is 2.68 bits per heavy atom. The van der Waals surface area contributed by atoms with Gasteiger partial charge >= 0.3 is 0 Å². The summed E-state index contributed by atoms with van der Waals surface area (Å²) in [6.45, 7) is 1.07. The summed E-state index contributed by atoms with van der Waals surface area (Å²) in [6.07, 6.45) is 3.17. The molecule has 1 unspecified atom stereocenters. The Labute approximate surface area is 151 Å². The smallest absolute Gasteiger partial charge is 0.187 e. The van der Waals surface area contributed by atoms with Crippen LogP contribution in [-0.4, -0.2) is 17.8 Å². The van der Waals surface area contributed by atoms with E-state index in [0.717, 1.165) is 35.8 Å². The highest BCUT2D eigenvalue weighted by atomic mass is 32.1. The number of para-hydroxylation sites is 1. The SMILES string of the molecule is O=Cc1ccc(Nc2nc(C3CCCN3c3ccccc3)cs2)cc1. The first kappa shape index (κ1) is 15.8. The van der Waals surface area contributed by atoms with Crippen LogP contribution >= 0.6 is 11.3 Å². The van der Waals surface area contributed by atoms with E-state index in [4.69, 9.17) is 4.98 Å². The lowest BCUT2D eigenvalue weighted by Gasteiger charge is -2.25. The minimum atomic E-state index is 0.339. The van der Waals surface area contributed by atoms with Gasteiger partial charge in [0.15, 0.2) is 5.13 Å². The van der Waals surface area contributed by atoms with Crippen LogP contribution < -0.4 is 10.2 Å². The second-order valence-corrected chi connectivity index (χ2v) is 6.99. The van der Waals surface area contributed by atoms with Crippen LogP contribution in [0.5, 0.6) is 0 Å². The Kier molecular flexibility index (Phi) is 4.48. The number of carbonyl (C=O) groups excluding carboxylic acids is 1. The van der Waals surface area contributed by atoms with Crippen molar-refractivity contribution in [2.75, 3.05) is 16.8 Å². The number of aromatic nitrogens is 1. The lowest BCUT2D eigenvalue weighted by atomic mass is 10.1. The van der Waals surface area contributed by atoms with Gasteiger partial charge in [-0.1, -0.05) is 18.2 Å².